The molecule has 0 aliphatic heterocycles. The molecule has 0 radical (unpaired) electrons. The monoisotopic (exact) mass is 322 g/mol. The maximum Gasteiger partial charge on any atom is 0.301 e. The Hall–Kier alpha value is -1.44. The highest BCUT2D eigenvalue weighted by atomic mass is 32.2. The van der Waals surface area contributed by atoms with Gasteiger partial charge in [-0.05, 0) is 12.3 Å². The van der Waals surface area contributed by atoms with E-state index >= 15 is 0 Å². The van der Waals surface area contributed by atoms with Gasteiger partial charge >= 0.3 is 6.08 Å². The number of oxazole rings is 1. The predicted molar refractivity (Wildman–Crippen MR) is 75.2 cm³/mol. The molecule has 0 aliphatic carbocycles. The van der Waals surface area contributed by atoms with Gasteiger partial charge in [0.25, 0.3) is 5.22 Å². The zero-order chi connectivity index (χ0) is 15.7. The summed E-state index contributed by atoms with van der Waals surface area (Å²) in [4.78, 5) is 8.94. The van der Waals surface area contributed by atoms with Crippen LogP contribution in [0.5, 0.6) is 0 Å². The van der Waals surface area contributed by atoms with E-state index in [9.17, 15) is 13.2 Å². The van der Waals surface area contributed by atoms with Crippen molar-refractivity contribution in [2.75, 3.05) is 12.4 Å². The molecule has 0 fully saturated rings. The second-order valence-corrected chi connectivity index (χ2v) is 5.59. The molecular weight excluding hydrogens is 305 g/mol. The van der Waals surface area contributed by atoms with Crippen molar-refractivity contribution in [1.29, 1.82) is 0 Å². The molecule has 0 aliphatic rings. The average Bonchev–Trinajstić information content (AvgIpc) is 2.85. The molecule has 1 aromatic rings. The summed E-state index contributed by atoms with van der Waals surface area (Å²) in [7, 11) is 0. The quantitative estimate of drug-likeness (QED) is 0.288. The third-order valence-electron chi connectivity index (χ3n) is 2.30. The fourth-order valence-corrected chi connectivity index (χ4v) is 1.89. The minimum Gasteiger partial charge on any atom is -0.430 e. The number of hydrogen-bond acceptors (Lipinski definition) is 5. The highest BCUT2D eigenvalue weighted by molar-refractivity contribution is 7.99. The summed E-state index contributed by atoms with van der Waals surface area (Å²) in [6.45, 7) is 4.68. The highest BCUT2D eigenvalue weighted by Crippen LogP contribution is 2.22. The molecule has 4 nitrogen and oxygen atoms in total. The topological polar surface area (TPSA) is 47.6 Å². The van der Waals surface area contributed by atoms with Crippen molar-refractivity contribution in [2.24, 2.45) is 11.1 Å². The minimum absolute atomic E-state index is 0.116. The fourth-order valence-electron chi connectivity index (χ4n) is 1.15. The first-order valence-corrected chi connectivity index (χ1v) is 7.41. The lowest BCUT2D eigenvalue weighted by Crippen LogP contribution is -1.94. The summed E-state index contributed by atoms with van der Waals surface area (Å²) in [5.74, 6) is -0.369. The molecule has 0 bridgehead atoms. The molecule has 0 atom stereocenters. The Morgan fingerprint density at radius 2 is 2.24 bits per heavy atom. The molecular formula is C13H17F3N2O2S. The lowest BCUT2D eigenvalue weighted by atomic mass is 10.1. The first-order valence-electron chi connectivity index (χ1n) is 6.42. The van der Waals surface area contributed by atoms with Crippen LogP contribution in [0.2, 0.25) is 0 Å². The maximum atomic E-state index is 12.6. The van der Waals surface area contributed by atoms with Crippen LogP contribution >= 0.6 is 11.8 Å². The fraction of sp³-hybridized carbons (Fsp3) is 0.538. The summed E-state index contributed by atoms with van der Waals surface area (Å²) < 4.78 is 41.5. The van der Waals surface area contributed by atoms with Crippen LogP contribution in [-0.4, -0.2) is 23.6 Å². The van der Waals surface area contributed by atoms with Crippen LogP contribution in [0.25, 0.3) is 0 Å². The summed E-state index contributed by atoms with van der Waals surface area (Å²) in [6, 6.07) is 0. The second kappa shape index (κ2) is 9.49. The number of hydrogen-bond donors (Lipinski definition) is 0. The number of rotatable bonds is 9. The Bertz CT molecular complexity index is 486. The number of aromatic nitrogens is 1. The molecule has 0 unspecified atom stereocenters. The predicted octanol–water partition coefficient (Wildman–Crippen LogP) is 4.63. The first kappa shape index (κ1) is 17.6. The molecule has 0 amide bonds. The summed E-state index contributed by atoms with van der Waals surface area (Å²) in [5, 5.41) is 3.99. The highest BCUT2D eigenvalue weighted by Gasteiger charge is 2.07. The van der Waals surface area contributed by atoms with E-state index in [2.05, 4.69) is 24.0 Å². The van der Waals surface area contributed by atoms with Gasteiger partial charge in [-0.3, -0.25) is 0 Å². The third kappa shape index (κ3) is 7.79. The normalized spacial score (nSPS) is 11.3. The van der Waals surface area contributed by atoms with Gasteiger partial charge in [-0.2, -0.15) is 8.78 Å². The molecule has 0 aromatic carbocycles. The van der Waals surface area contributed by atoms with E-state index < -0.39 is 11.9 Å². The Morgan fingerprint density at radius 3 is 2.90 bits per heavy atom. The molecule has 1 aromatic heterocycles. The van der Waals surface area contributed by atoms with Crippen molar-refractivity contribution in [2.45, 2.75) is 31.9 Å². The van der Waals surface area contributed by atoms with Crippen LogP contribution < -0.4 is 0 Å². The Kier molecular flexibility index (Phi) is 7.96. The number of halogens is 3. The molecule has 0 spiro atoms. The summed E-state index contributed by atoms with van der Waals surface area (Å²) in [6.07, 6.45) is 1.06. The van der Waals surface area contributed by atoms with Crippen LogP contribution in [0.15, 0.2) is 32.9 Å². The van der Waals surface area contributed by atoms with Gasteiger partial charge in [-0.25, -0.2) is 9.37 Å². The number of nitrogens with zero attached hydrogens (tertiary/aromatic N) is 2. The lowest BCUT2D eigenvalue weighted by molar-refractivity contribution is 0.134. The third-order valence-corrected chi connectivity index (χ3v) is 3.14. The van der Waals surface area contributed by atoms with Crippen molar-refractivity contribution in [3.05, 3.63) is 23.9 Å². The van der Waals surface area contributed by atoms with E-state index in [0.717, 1.165) is 18.2 Å². The molecule has 118 valence electrons. The van der Waals surface area contributed by atoms with Crippen molar-refractivity contribution >= 4 is 18.0 Å². The van der Waals surface area contributed by atoms with E-state index in [-0.39, 0.29) is 17.4 Å². The van der Waals surface area contributed by atoms with Gasteiger partial charge in [0.15, 0.2) is 11.6 Å². The summed E-state index contributed by atoms with van der Waals surface area (Å²) >= 11 is 1.05. The Labute approximate surface area is 125 Å². The SMILES string of the molecule is CC(C)CCON=Cc1cnc(SCCC(F)=C(F)F)o1. The van der Waals surface area contributed by atoms with E-state index in [1.165, 1.54) is 12.4 Å². The van der Waals surface area contributed by atoms with E-state index in [1.807, 2.05) is 0 Å². The van der Waals surface area contributed by atoms with Crippen molar-refractivity contribution in [3.8, 4) is 0 Å². The van der Waals surface area contributed by atoms with Crippen molar-refractivity contribution < 1.29 is 22.4 Å². The van der Waals surface area contributed by atoms with Crippen LogP contribution in [0.1, 0.15) is 32.4 Å². The zero-order valence-corrected chi connectivity index (χ0v) is 12.6. The van der Waals surface area contributed by atoms with Crippen LogP contribution in [-0.2, 0) is 4.84 Å². The van der Waals surface area contributed by atoms with E-state index in [4.69, 9.17) is 9.25 Å². The van der Waals surface area contributed by atoms with Gasteiger partial charge in [0, 0.05) is 12.2 Å². The molecule has 1 heterocycles. The van der Waals surface area contributed by atoms with Gasteiger partial charge < -0.3 is 9.25 Å². The van der Waals surface area contributed by atoms with Crippen LogP contribution in [0, 0.1) is 5.92 Å². The van der Waals surface area contributed by atoms with E-state index in [0.29, 0.717) is 18.3 Å². The molecule has 0 N–H and O–H groups in total. The van der Waals surface area contributed by atoms with Crippen LogP contribution in [0.4, 0.5) is 13.2 Å². The van der Waals surface area contributed by atoms with Gasteiger partial charge in [0.1, 0.15) is 12.8 Å². The number of oxime groups is 1. The number of thioether (sulfide) groups is 1. The molecule has 8 heteroatoms. The molecule has 1 rings (SSSR count). The maximum absolute atomic E-state index is 12.6. The first-order chi connectivity index (χ1) is 9.99. The second-order valence-electron chi connectivity index (χ2n) is 4.54. The molecule has 21 heavy (non-hydrogen) atoms. The lowest BCUT2D eigenvalue weighted by Gasteiger charge is -2.01. The Morgan fingerprint density at radius 1 is 1.48 bits per heavy atom. The van der Waals surface area contributed by atoms with Gasteiger partial charge in [-0.15, -0.1) is 0 Å². The van der Waals surface area contributed by atoms with Crippen LogP contribution in [0.3, 0.4) is 0 Å². The molecule has 0 saturated carbocycles. The average molecular weight is 322 g/mol. The largest absolute Gasteiger partial charge is 0.430 e. The molecule has 0 saturated heterocycles. The Balaban J connectivity index is 2.29. The number of allylic oxidation sites excluding steroid dienone is 1. The minimum atomic E-state index is -2.28. The smallest absolute Gasteiger partial charge is 0.301 e. The van der Waals surface area contributed by atoms with E-state index in [1.54, 1.807) is 0 Å². The van der Waals surface area contributed by atoms with Crippen molar-refractivity contribution in [3.63, 3.8) is 0 Å². The van der Waals surface area contributed by atoms with Gasteiger partial charge in [0.05, 0.1) is 6.20 Å². The zero-order valence-electron chi connectivity index (χ0n) is 11.8. The van der Waals surface area contributed by atoms with Gasteiger partial charge in [-0.1, -0.05) is 30.8 Å². The summed E-state index contributed by atoms with van der Waals surface area (Å²) in [5.41, 5.74) is 0. The van der Waals surface area contributed by atoms with Gasteiger partial charge in [0.2, 0.25) is 0 Å². The van der Waals surface area contributed by atoms with Crippen molar-refractivity contribution in [1.82, 2.24) is 4.98 Å². The standard InChI is InChI=1S/C13H17F3N2O2S/c1-9(2)3-5-19-18-8-10-7-17-13(20-10)21-6-4-11(14)12(15)16/h7-9H,3-6H2,1-2H3.